The molecule has 3 atom stereocenters. The number of hydrogen-bond donors (Lipinski definition) is 1. The molecule has 6 heterocycles. The first-order valence-corrected chi connectivity index (χ1v) is 17.2. The number of ether oxygens (including phenoxy) is 2. The van der Waals surface area contributed by atoms with Crippen molar-refractivity contribution in [3.05, 3.63) is 57.0 Å². The zero-order valence-corrected chi connectivity index (χ0v) is 27.9. The molecule has 1 spiro atoms. The Kier molecular flexibility index (Phi) is 7.60. The molecule has 5 aliphatic rings. The van der Waals surface area contributed by atoms with Gasteiger partial charge in [-0.15, -0.1) is 0 Å². The molecule has 2 saturated heterocycles. The summed E-state index contributed by atoms with van der Waals surface area (Å²) in [5, 5.41) is 5.31. The zero-order valence-electron chi connectivity index (χ0n) is 27.1. The molecule has 0 radical (unpaired) electrons. The van der Waals surface area contributed by atoms with Crippen LogP contribution in [0.25, 0.3) is 0 Å². The molecule has 1 aromatic carbocycles. The highest BCUT2D eigenvalue weighted by molar-refractivity contribution is 6.31. The van der Waals surface area contributed by atoms with E-state index in [2.05, 4.69) is 14.9 Å². The summed E-state index contributed by atoms with van der Waals surface area (Å²) in [6, 6.07) is 6.02. The Morgan fingerprint density at radius 3 is 2.87 bits per heavy atom. The average molecular weight is 665 g/mol. The van der Waals surface area contributed by atoms with Crippen molar-refractivity contribution >= 4 is 29.0 Å². The molecule has 0 saturated carbocycles. The molecule has 0 bridgehead atoms. The van der Waals surface area contributed by atoms with Crippen molar-refractivity contribution in [2.75, 3.05) is 51.0 Å². The van der Waals surface area contributed by atoms with Gasteiger partial charge in [-0.25, -0.2) is 4.39 Å². The Hall–Kier alpha value is -3.48. The fourth-order valence-electron chi connectivity index (χ4n) is 8.61. The van der Waals surface area contributed by atoms with Crippen molar-refractivity contribution < 1.29 is 18.7 Å². The van der Waals surface area contributed by atoms with E-state index in [4.69, 9.17) is 36.8 Å². The van der Waals surface area contributed by atoms with Gasteiger partial charge < -0.3 is 25.0 Å². The van der Waals surface area contributed by atoms with E-state index in [1.807, 2.05) is 22.9 Å². The monoisotopic (exact) mass is 664 g/mol. The van der Waals surface area contributed by atoms with Crippen molar-refractivity contribution in [1.82, 2.24) is 29.5 Å². The van der Waals surface area contributed by atoms with Crippen molar-refractivity contribution in [1.29, 1.82) is 0 Å². The van der Waals surface area contributed by atoms with Gasteiger partial charge >= 0.3 is 6.01 Å². The first-order valence-electron chi connectivity index (χ1n) is 16.8. The number of halogens is 2. The van der Waals surface area contributed by atoms with E-state index in [0.29, 0.717) is 68.1 Å². The number of alkyl halides is 1. The quantitative estimate of drug-likeness (QED) is 0.399. The third kappa shape index (κ3) is 5.32. The number of benzene rings is 1. The molecule has 2 N–H and O–H groups in total. The zero-order chi connectivity index (χ0) is 32.5. The van der Waals surface area contributed by atoms with E-state index >= 15 is 0 Å². The number of anilines is 2. The van der Waals surface area contributed by atoms with E-state index in [1.54, 1.807) is 19.0 Å². The molecule has 2 aromatic heterocycles. The van der Waals surface area contributed by atoms with E-state index in [9.17, 15) is 9.18 Å². The Morgan fingerprint density at radius 1 is 1.15 bits per heavy atom. The number of fused-ring (bicyclic) bond motifs is 5. The van der Waals surface area contributed by atoms with Crippen LogP contribution in [0.15, 0.2) is 18.2 Å². The van der Waals surface area contributed by atoms with Gasteiger partial charge in [0.1, 0.15) is 18.6 Å². The minimum atomic E-state index is -0.840. The summed E-state index contributed by atoms with van der Waals surface area (Å²) >= 11 is 6.71. The van der Waals surface area contributed by atoms with Gasteiger partial charge in [0.15, 0.2) is 5.69 Å². The molecule has 3 aromatic rings. The van der Waals surface area contributed by atoms with E-state index < -0.39 is 11.8 Å². The summed E-state index contributed by atoms with van der Waals surface area (Å²) in [6.07, 6.45) is 5.60. The highest BCUT2D eigenvalue weighted by Crippen LogP contribution is 2.48. The van der Waals surface area contributed by atoms with Crippen LogP contribution in [0, 0.1) is 0 Å². The minimum Gasteiger partial charge on any atom is -0.461 e. The van der Waals surface area contributed by atoms with E-state index in [-0.39, 0.29) is 11.4 Å². The number of rotatable bonds is 5. The molecule has 47 heavy (non-hydrogen) atoms. The number of amides is 1. The number of nitrogen functional groups attached to an aromatic ring is 1. The Bertz CT molecular complexity index is 1730. The summed E-state index contributed by atoms with van der Waals surface area (Å²) < 4.78 is 29.8. The third-order valence-corrected chi connectivity index (χ3v) is 11.2. The van der Waals surface area contributed by atoms with Crippen LogP contribution in [0.5, 0.6) is 6.01 Å². The van der Waals surface area contributed by atoms with Gasteiger partial charge in [0.05, 0.1) is 35.7 Å². The molecule has 4 aliphatic heterocycles. The standard InChI is InChI=1S/C34H42ClFN8O3/c1-41(2)31(45)28-14-23-18-42(9-5-11-44(23)40-28)30-25-19-47-34(8-3-6-24-26(34)12-22(37)13-27(24)35)16-29(25)38-32(39-30)46-20-33-7-4-10-43(33)17-21(36)15-33/h12-14,21H,3-11,15-20,37H2,1-2H3/t21-,33+,34-/m1/s1. The van der Waals surface area contributed by atoms with Gasteiger partial charge in [-0.3, -0.25) is 14.4 Å². The molecule has 1 amide bonds. The van der Waals surface area contributed by atoms with Gasteiger partial charge in [-0.2, -0.15) is 15.1 Å². The highest BCUT2D eigenvalue weighted by atomic mass is 35.5. The second kappa shape index (κ2) is 11.6. The lowest BCUT2D eigenvalue weighted by Crippen LogP contribution is -2.44. The topological polar surface area (TPSA) is 115 Å². The molecular weight excluding hydrogens is 623 g/mol. The smallest absolute Gasteiger partial charge is 0.318 e. The maximum absolute atomic E-state index is 14.6. The first kappa shape index (κ1) is 30.8. The normalized spacial score (nSPS) is 26.8. The summed E-state index contributed by atoms with van der Waals surface area (Å²) in [6.45, 7) is 4.01. The lowest BCUT2D eigenvalue weighted by Gasteiger charge is -2.43. The van der Waals surface area contributed by atoms with Crippen LogP contribution in [-0.2, 0) is 42.9 Å². The Balaban J connectivity index is 1.17. The Morgan fingerprint density at radius 2 is 2.02 bits per heavy atom. The number of aryl methyl sites for hydroxylation is 1. The van der Waals surface area contributed by atoms with Crippen LogP contribution in [0.3, 0.4) is 0 Å². The van der Waals surface area contributed by atoms with Crippen LogP contribution in [0.4, 0.5) is 15.9 Å². The Labute approximate surface area is 279 Å². The summed E-state index contributed by atoms with van der Waals surface area (Å²) in [4.78, 5) is 28.9. The molecule has 13 heteroatoms. The first-order chi connectivity index (χ1) is 22.6. The maximum Gasteiger partial charge on any atom is 0.318 e. The molecule has 11 nitrogen and oxygen atoms in total. The third-order valence-electron chi connectivity index (χ3n) is 10.9. The average Bonchev–Trinajstić information content (AvgIpc) is 3.66. The van der Waals surface area contributed by atoms with Gasteiger partial charge in [-0.05, 0) is 74.4 Å². The lowest BCUT2D eigenvalue weighted by atomic mass is 9.74. The number of nitrogens with two attached hydrogens (primary N) is 1. The largest absolute Gasteiger partial charge is 0.461 e. The molecular formula is C34H42ClFN8O3. The van der Waals surface area contributed by atoms with Gasteiger partial charge in [0.25, 0.3) is 5.91 Å². The van der Waals surface area contributed by atoms with Crippen LogP contribution in [-0.4, -0.2) is 87.5 Å². The number of hydrogen-bond acceptors (Lipinski definition) is 9. The number of carbonyl (C=O) groups excluding carboxylic acids is 1. The summed E-state index contributed by atoms with van der Waals surface area (Å²) in [7, 11) is 3.47. The predicted octanol–water partition coefficient (Wildman–Crippen LogP) is 4.28. The van der Waals surface area contributed by atoms with Gasteiger partial charge in [-0.1, -0.05) is 11.6 Å². The minimum absolute atomic E-state index is 0.123. The van der Waals surface area contributed by atoms with E-state index in [1.165, 1.54) is 0 Å². The molecule has 1 aliphatic carbocycles. The van der Waals surface area contributed by atoms with Crippen LogP contribution >= 0.6 is 11.6 Å². The van der Waals surface area contributed by atoms with Crippen molar-refractivity contribution in [2.24, 2.45) is 0 Å². The van der Waals surface area contributed by atoms with Gasteiger partial charge in [0, 0.05) is 62.8 Å². The number of carbonyl (C=O) groups is 1. The highest BCUT2D eigenvalue weighted by Gasteiger charge is 2.50. The number of nitrogens with zero attached hydrogens (tertiary/aromatic N) is 7. The molecule has 0 unspecified atom stereocenters. The van der Waals surface area contributed by atoms with Crippen LogP contribution in [0.2, 0.25) is 5.02 Å². The maximum atomic E-state index is 14.6. The van der Waals surface area contributed by atoms with Crippen molar-refractivity contribution in [3.8, 4) is 6.01 Å². The molecule has 250 valence electrons. The summed E-state index contributed by atoms with van der Waals surface area (Å²) in [5.41, 5.74) is 11.3. The lowest BCUT2D eigenvalue weighted by molar-refractivity contribution is -0.0855. The fourth-order valence-corrected chi connectivity index (χ4v) is 8.93. The van der Waals surface area contributed by atoms with Crippen molar-refractivity contribution in [2.45, 2.75) is 88.4 Å². The number of aromatic nitrogens is 4. The molecule has 2 fully saturated rings. The molecule has 8 rings (SSSR count). The van der Waals surface area contributed by atoms with Crippen LogP contribution < -0.4 is 15.4 Å². The summed E-state index contributed by atoms with van der Waals surface area (Å²) in [5.74, 6) is 0.648. The van der Waals surface area contributed by atoms with Crippen LogP contribution in [0.1, 0.15) is 77.1 Å². The van der Waals surface area contributed by atoms with E-state index in [0.717, 1.165) is 85.5 Å². The second-order valence-corrected chi connectivity index (χ2v) is 14.6. The predicted molar refractivity (Wildman–Crippen MR) is 175 cm³/mol. The van der Waals surface area contributed by atoms with Gasteiger partial charge in [0.2, 0.25) is 0 Å². The SMILES string of the molecule is CN(C)C(=O)c1cc2n(n1)CCCN(c1nc(OC[C@@]34CCCN3C[C@H](F)C4)nc3c1CO[C@]1(CCCc4c(Cl)cc(N)cc41)C3)C2. The fraction of sp³-hybridized carbons (Fsp3) is 0.588. The van der Waals surface area contributed by atoms with Crippen molar-refractivity contribution in [3.63, 3.8) is 0 Å². The second-order valence-electron chi connectivity index (χ2n) is 14.2.